The largest absolute Gasteiger partial charge is 0.299 e. The second-order valence-corrected chi connectivity index (χ2v) is 4.79. The molecule has 0 N–H and O–H groups in total. The molecule has 110 valence electrons. The van der Waals surface area contributed by atoms with E-state index in [4.69, 9.17) is 0 Å². The van der Waals surface area contributed by atoms with Gasteiger partial charge in [-0.15, -0.1) is 0 Å². The topological polar surface area (TPSA) is 91.8 Å². The van der Waals surface area contributed by atoms with Gasteiger partial charge < -0.3 is 0 Å². The number of amides is 4. The second kappa shape index (κ2) is 5.43. The summed E-state index contributed by atoms with van der Waals surface area (Å²) in [7, 11) is 0. The molecule has 0 aromatic rings. The highest BCUT2D eigenvalue weighted by Gasteiger charge is 2.53. The van der Waals surface area contributed by atoms with Gasteiger partial charge in [0, 0.05) is 24.3 Å². The third-order valence-electron chi connectivity index (χ3n) is 3.48. The molecule has 7 nitrogen and oxygen atoms in total. The number of rotatable bonds is 6. The maximum Gasteiger partial charge on any atom is 0.255 e. The van der Waals surface area contributed by atoms with E-state index < -0.39 is 29.3 Å². The van der Waals surface area contributed by atoms with Crippen molar-refractivity contribution in [1.29, 1.82) is 0 Å². The highest BCUT2D eigenvalue weighted by Crippen LogP contribution is 2.31. The van der Waals surface area contributed by atoms with E-state index in [2.05, 4.69) is 0 Å². The maximum atomic E-state index is 11.9. The van der Waals surface area contributed by atoms with Crippen LogP contribution in [0.1, 0.15) is 26.2 Å². The molecule has 2 rings (SSSR count). The van der Waals surface area contributed by atoms with Crippen LogP contribution in [-0.4, -0.2) is 45.4 Å². The summed E-state index contributed by atoms with van der Waals surface area (Å²) in [5, 5.41) is 0. The Kier molecular flexibility index (Phi) is 3.84. The Hall–Kier alpha value is -2.57. The number of hydrogen-bond donors (Lipinski definition) is 0. The molecule has 2 aliphatic heterocycles. The minimum absolute atomic E-state index is 0.0192. The predicted octanol–water partition coefficient (Wildman–Crippen LogP) is -0.0782. The van der Waals surface area contributed by atoms with Gasteiger partial charge in [0.1, 0.15) is 0 Å². The summed E-state index contributed by atoms with van der Waals surface area (Å²) in [6.07, 6.45) is 5.56. The minimum Gasteiger partial charge on any atom is -0.299 e. The normalized spacial score (nSPS) is 18.3. The van der Waals surface area contributed by atoms with E-state index in [0.29, 0.717) is 28.9 Å². The Morgan fingerprint density at radius 1 is 0.905 bits per heavy atom. The molecule has 2 heterocycles. The Morgan fingerprint density at radius 3 is 1.57 bits per heavy atom. The quantitative estimate of drug-likeness (QED) is 0.504. The maximum absolute atomic E-state index is 11.9. The first kappa shape index (κ1) is 14.8. The van der Waals surface area contributed by atoms with Crippen LogP contribution >= 0.6 is 0 Å². The molecule has 21 heavy (non-hydrogen) atoms. The van der Waals surface area contributed by atoms with Crippen LogP contribution < -0.4 is 0 Å². The van der Waals surface area contributed by atoms with Crippen molar-refractivity contribution >= 4 is 29.9 Å². The molecule has 0 spiro atoms. The third kappa shape index (κ3) is 2.20. The number of carbonyl (C=O) groups is 5. The van der Waals surface area contributed by atoms with Crippen molar-refractivity contribution < 1.29 is 24.0 Å². The molecule has 0 radical (unpaired) electrons. The van der Waals surface area contributed by atoms with Gasteiger partial charge in [-0.1, -0.05) is 13.3 Å². The van der Waals surface area contributed by atoms with Crippen LogP contribution in [0, 0.1) is 0 Å². The summed E-state index contributed by atoms with van der Waals surface area (Å²) in [6, 6.07) is 0. The van der Waals surface area contributed by atoms with E-state index >= 15 is 0 Å². The average Bonchev–Trinajstić information content (AvgIpc) is 2.97. The highest BCUT2D eigenvalue weighted by molar-refractivity contribution is 6.19. The lowest BCUT2D eigenvalue weighted by Crippen LogP contribution is -2.65. The van der Waals surface area contributed by atoms with Crippen LogP contribution in [0.5, 0.6) is 0 Å². The van der Waals surface area contributed by atoms with Crippen molar-refractivity contribution in [3.05, 3.63) is 24.3 Å². The summed E-state index contributed by atoms with van der Waals surface area (Å²) in [6.45, 7) is 1.85. The summed E-state index contributed by atoms with van der Waals surface area (Å²) in [5.41, 5.74) is -1.90. The first-order valence-electron chi connectivity index (χ1n) is 6.56. The standard InChI is InChI=1S/C14H14N2O5/c1-2-3-8-14(9-17,15-10(18)4-5-11(15)19)16-12(20)6-7-13(16)21/h4-7,9H,2-3,8H2,1H3. The molecule has 0 saturated carbocycles. The van der Waals surface area contributed by atoms with E-state index in [1.54, 1.807) is 0 Å². The molecule has 0 fully saturated rings. The van der Waals surface area contributed by atoms with Crippen LogP contribution in [-0.2, 0) is 24.0 Å². The summed E-state index contributed by atoms with van der Waals surface area (Å²) in [4.78, 5) is 60.8. The van der Waals surface area contributed by atoms with Crippen LogP contribution in [0.25, 0.3) is 0 Å². The fourth-order valence-electron chi connectivity index (χ4n) is 2.49. The van der Waals surface area contributed by atoms with Gasteiger partial charge in [-0.05, 0) is 12.8 Å². The molecule has 0 bridgehead atoms. The monoisotopic (exact) mass is 290 g/mol. The number of hydrogen-bond acceptors (Lipinski definition) is 5. The van der Waals surface area contributed by atoms with Gasteiger partial charge in [0.15, 0.2) is 11.9 Å². The number of aldehydes is 1. The van der Waals surface area contributed by atoms with Crippen LogP contribution in [0.15, 0.2) is 24.3 Å². The van der Waals surface area contributed by atoms with Crippen LogP contribution in [0.3, 0.4) is 0 Å². The van der Waals surface area contributed by atoms with Gasteiger partial charge in [-0.3, -0.25) is 24.0 Å². The van der Waals surface area contributed by atoms with Crippen LogP contribution in [0.2, 0.25) is 0 Å². The van der Waals surface area contributed by atoms with E-state index in [1.807, 2.05) is 6.92 Å². The zero-order valence-electron chi connectivity index (χ0n) is 11.4. The number of nitrogens with zero attached hydrogens (tertiary/aromatic N) is 2. The average molecular weight is 290 g/mol. The Bertz CT molecular complexity index is 512. The van der Waals surface area contributed by atoms with E-state index in [1.165, 1.54) is 0 Å². The van der Waals surface area contributed by atoms with Crippen LogP contribution in [0.4, 0.5) is 0 Å². The molecule has 0 aliphatic carbocycles. The van der Waals surface area contributed by atoms with Gasteiger partial charge in [-0.25, -0.2) is 9.80 Å². The van der Waals surface area contributed by atoms with Crippen molar-refractivity contribution in [2.24, 2.45) is 0 Å². The second-order valence-electron chi connectivity index (χ2n) is 4.79. The molecule has 0 saturated heterocycles. The lowest BCUT2D eigenvalue weighted by atomic mass is 9.99. The smallest absolute Gasteiger partial charge is 0.255 e. The number of imide groups is 2. The Labute approximate surface area is 120 Å². The summed E-state index contributed by atoms with van der Waals surface area (Å²) < 4.78 is 0. The van der Waals surface area contributed by atoms with Gasteiger partial charge in [0.05, 0.1) is 0 Å². The van der Waals surface area contributed by atoms with Crippen molar-refractivity contribution in [2.45, 2.75) is 31.8 Å². The third-order valence-corrected chi connectivity index (χ3v) is 3.48. The van der Waals surface area contributed by atoms with E-state index in [9.17, 15) is 24.0 Å². The zero-order chi connectivity index (χ0) is 15.6. The van der Waals surface area contributed by atoms with Gasteiger partial charge >= 0.3 is 0 Å². The molecular formula is C14H14N2O5. The molecule has 0 aromatic heterocycles. The zero-order valence-corrected chi connectivity index (χ0v) is 11.4. The first-order valence-corrected chi connectivity index (χ1v) is 6.56. The predicted molar refractivity (Wildman–Crippen MR) is 70.3 cm³/mol. The fourth-order valence-corrected chi connectivity index (χ4v) is 2.49. The van der Waals surface area contributed by atoms with E-state index in [-0.39, 0.29) is 6.42 Å². The SMILES string of the molecule is CCCCC(C=O)(N1C(=O)C=CC1=O)N1C(=O)C=CC1=O. The number of carbonyl (C=O) groups excluding carboxylic acids is 5. The van der Waals surface area contributed by atoms with Gasteiger partial charge in [0.25, 0.3) is 23.6 Å². The summed E-state index contributed by atoms with van der Waals surface area (Å²) in [5.74, 6) is -2.85. The van der Waals surface area contributed by atoms with Crippen molar-refractivity contribution in [1.82, 2.24) is 9.80 Å². The van der Waals surface area contributed by atoms with E-state index in [0.717, 1.165) is 24.3 Å². The van der Waals surface area contributed by atoms with Crippen molar-refractivity contribution in [2.75, 3.05) is 0 Å². The molecule has 0 unspecified atom stereocenters. The molecule has 0 aromatic carbocycles. The lowest BCUT2D eigenvalue weighted by molar-refractivity contribution is -0.167. The molecule has 4 amide bonds. The fraction of sp³-hybridized carbons (Fsp3) is 0.357. The molecular weight excluding hydrogens is 276 g/mol. The Balaban J connectivity index is 2.51. The minimum atomic E-state index is -1.90. The Morgan fingerprint density at radius 2 is 1.29 bits per heavy atom. The first-order chi connectivity index (χ1) is 9.97. The highest BCUT2D eigenvalue weighted by atomic mass is 16.2. The molecule has 7 heteroatoms. The van der Waals surface area contributed by atoms with Gasteiger partial charge in [-0.2, -0.15) is 0 Å². The van der Waals surface area contributed by atoms with Crippen molar-refractivity contribution in [3.63, 3.8) is 0 Å². The molecule has 0 atom stereocenters. The summed E-state index contributed by atoms with van der Waals surface area (Å²) >= 11 is 0. The number of unbranched alkanes of at least 4 members (excludes halogenated alkanes) is 1. The van der Waals surface area contributed by atoms with Gasteiger partial charge in [0.2, 0.25) is 0 Å². The lowest BCUT2D eigenvalue weighted by Gasteiger charge is -2.41. The molecule has 2 aliphatic rings. The van der Waals surface area contributed by atoms with Crippen molar-refractivity contribution in [3.8, 4) is 0 Å².